The van der Waals surface area contributed by atoms with Gasteiger partial charge in [-0.25, -0.2) is 4.90 Å². The van der Waals surface area contributed by atoms with Gasteiger partial charge in [0.1, 0.15) is 11.0 Å². The summed E-state index contributed by atoms with van der Waals surface area (Å²) in [6, 6.07) is 14.0. The molecule has 3 rings (SSSR count). The van der Waals surface area contributed by atoms with Crippen LogP contribution in [0.5, 0.6) is 5.75 Å². The van der Waals surface area contributed by atoms with Gasteiger partial charge in [-0.2, -0.15) is 5.10 Å². The molecule has 2 N–H and O–H groups in total. The zero-order valence-electron chi connectivity index (χ0n) is 15.8. The van der Waals surface area contributed by atoms with E-state index in [9.17, 15) is 9.59 Å². The van der Waals surface area contributed by atoms with Crippen molar-refractivity contribution in [3.63, 3.8) is 0 Å². The molecular weight excluding hydrogens is 412 g/mol. The molecule has 1 aliphatic rings. The Morgan fingerprint density at radius 1 is 1.21 bits per heavy atom. The maximum absolute atomic E-state index is 12.7. The Morgan fingerprint density at radius 3 is 2.62 bits per heavy atom. The zero-order valence-corrected chi connectivity index (χ0v) is 17.4. The van der Waals surface area contributed by atoms with Crippen molar-refractivity contribution in [1.29, 1.82) is 0 Å². The topological polar surface area (TPSA) is 97.3 Å². The molecule has 0 aliphatic carbocycles. The number of halogens is 1. The summed E-state index contributed by atoms with van der Waals surface area (Å²) < 4.78 is 5.16. The van der Waals surface area contributed by atoms with Crippen LogP contribution in [-0.2, 0) is 9.59 Å². The minimum atomic E-state index is -0.650. The third-order valence-corrected chi connectivity index (χ3v) is 5.47. The quantitative estimate of drug-likeness (QED) is 0.339. The Labute approximate surface area is 177 Å². The number of methoxy groups -OCH3 is 1. The first-order valence-corrected chi connectivity index (χ1v) is 9.96. The summed E-state index contributed by atoms with van der Waals surface area (Å²) in [5, 5.41) is 8.17. The third-order valence-electron chi connectivity index (χ3n) is 4.24. The Kier molecular flexibility index (Phi) is 6.56. The second-order valence-electron chi connectivity index (χ2n) is 6.21. The Morgan fingerprint density at radius 2 is 1.93 bits per heavy atom. The van der Waals surface area contributed by atoms with Crippen molar-refractivity contribution in [2.24, 2.45) is 15.9 Å². The van der Waals surface area contributed by atoms with Crippen molar-refractivity contribution in [2.45, 2.75) is 18.6 Å². The molecule has 1 saturated heterocycles. The first-order valence-electron chi connectivity index (χ1n) is 8.70. The van der Waals surface area contributed by atoms with Crippen LogP contribution in [0.15, 0.2) is 58.7 Å². The third kappa shape index (κ3) is 4.96. The number of hydrogen-bond donors (Lipinski definition) is 1. The Bertz CT molecular complexity index is 991. The van der Waals surface area contributed by atoms with E-state index in [0.29, 0.717) is 22.2 Å². The van der Waals surface area contributed by atoms with Gasteiger partial charge in [0.25, 0.3) is 0 Å². The van der Waals surface area contributed by atoms with E-state index in [1.807, 2.05) is 12.1 Å². The van der Waals surface area contributed by atoms with Crippen LogP contribution in [0.3, 0.4) is 0 Å². The minimum absolute atomic E-state index is 0.0385. The van der Waals surface area contributed by atoms with Gasteiger partial charge in [0.05, 0.1) is 18.5 Å². The first-order chi connectivity index (χ1) is 13.9. The number of hydrogen-bond acceptors (Lipinski definition) is 6. The van der Waals surface area contributed by atoms with Crippen molar-refractivity contribution >= 4 is 51.7 Å². The maximum atomic E-state index is 12.7. The van der Waals surface area contributed by atoms with Gasteiger partial charge in [0.2, 0.25) is 11.8 Å². The Balaban J connectivity index is 1.70. The molecule has 0 aromatic heterocycles. The van der Waals surface area contributed by atoms with Crippen molar-refractivity contribution in [1.82, 2.24) is 0 Å². The van der Waals surface area contributed by atoms with Gasteiger partial charge in [0.15, 0.2) is 5.17 Å². The molecule has 0 spiro atoms. The summed E-state index contributed by atoms with van der Waals surface area (Å²) >= 11 is 6.90. The van der Waals surface area contributed by atoms with Gasteiger partial charge in [-0.15, -0.1) is 5.10 Å². The summed E-state index contributed by atoms with van der Waals surface area (Å²) in [7, 11) is 1.52. The smallest absolute Gasteiger partial charge is 0.247 e. The molecule has 150 valence electrons. The van der Waals surface area contributed by atoms with Gasteiger partial charge in [-0.1, -0.05) is 41.6 Å². The highest BCUT2D eigenvalue weighted by Crippen LogP contribution is 2.31. The maximum Gasteiger partial charge on any atom is 0.247 e. The molecule has 1 heterocycles. The van der Waals surface area contributed by atoms with Crippen LogP contribution >= 0.6 is 23.4 Å². The molecule has 1 fully saturated rings. The van der Waals surface area contributed by atoms with E-state index in [0.717, 1.165) is 22.2 Å². The fraction of sp³-hybridized carbons (Fsp3) is 0.200. The SMILES string of the molecule is COc1cccc(N2C(=O)C[C@@H](SC(N)=N/N=C(/C)c3ccc(Cl)cc3)C2=O)c1. The summed E-state index contributed by atoms with van der Waals surface area (Å²) in [5.74, 6) is -0.0773. The number of thioether (sulfide) groups is 1. The van der Waals surface area contributed by atoms with E-state index in [1.54, 1.807) is 43.3 Å². The molecule has 0 radical (unpaired) electrons. The van der Waals surface area contributed by atoms with Crippen molar-refractivity contribution in [2.75, 3.05) is 12.0 Å². The van der Waals surface area contributed by atoms with E-state index in [-0.39, 0.29) is 23.4 Å². The molecule has 2 aromatic rings. The molecule has 1 aliphatic heterocycles. The van der Waals surface area contributed by atoms with Crippen LogP contribution in [0.1, 0.15) is 18.9 Å². The molecule has 7 nitrogen and oxygen atoms in total. The Hall–Kier alpha value is -2.84. The fourth-order valence-electron chi connectivity index (χ4n) is 2.76. The van der Waals surface area contributed by atoms with E-state index in [2.05, 4.69) is 10.2 Å². The van der Waals surface area contributed by atoms with Crippen molar-refractivity contribution < 1.29 is 14.3 Å². The summed E-state index contributed by atoms with van der Waals surface area (Å²) in [6.45, 7) is 1.79. The number of nitrogens with two attached hydrogens (primary N) is 1. The van der Waals surface area contributed by atoms with Crippen LogP contribution in [0.4, 0.5) is 5.69 Å². The van der Waals surface area contributed by atoms with Crippen LogP contribution in [0.2, 0.25) is 5.02 Å². The second kappa shape index (κ2) is 9.11. The minimum Gasteiger partial charge on any atom is -0.497 e. The second-order valence-corrected chi connectivity index (χ2v) is 7.87. The van der Waals surface area contributed by atoms with E-state index in [4.69, 9.17) is 22.1 Å². The highest BCUT2D eigenvalue weighted by molar-refractivity contribution is 8.14. The van der Waals surface area contributed by atoms with E-state index < -0.39 is 5.25 Å². The van der Waals surface area contributed by atoms with Crippen LogP contribution in [-0.4, -0.2) is 35.1 Å². The van der Waals surface area contributed by atoms with Crippen molar-refractivity contribution in [3.8, 4) is 5.75 Å². The molecular formula is C20H19ClN4O3S. The number of benzene rings is 2. The predicted octanol–water partition coefficient (Wildman–Crippen LogP) is 3.45. The lowest BCUT2D eigenvalue weighted by molar-refractivity contribution is -0.121. The van der Waals surface area contributed by atoms with E-state index in [1.165, 1.54) is 7.11 Å². The average Bonchev–Trinajstić information content (AvgIpc) is 2.99. The lowest BCUT2D eigenvalue weighted by Crippen LogP contribution is -2.31. The standard InChI is InChI=1S/C20H19ClN4O3S/c1-12(13-6-8-14(21)9-7-13)23-24-20(22)29-17-11-18(26)25(19(17)27)15-4-3-5-16(10-15)28-2/h3-10,17H,11H2,1-2H3,(H2,22,24)/b23-12-/t17-/m1/s1. The molecule has 0 unspecified atom stereocenters. The molecule has 1 atom stereocenters. The van der Waals surface area contributed by atoms with Crippen LogP contribution in [0, 0.1) is 0 Å². The molecule has 0 bridgehead atoms. The summed E-state index contributed by atoms with van der Waals surface area (Å²) in [5.41, 5.74) is 7.90. The highest BCUT2D eigenvalue weighted by atomic mass is 35.5. The molecule has 0 saturated carbocycles. The normalized spacial score (nSPS) is 17.8. The molecule has 29 heavy (non-hydrogen) atoms. The van der Waals surface area contributed by atoms with Crippen LogP contribution in [0.25, 0.3) is 0 Å². The largest absolute Gasteiger partial charge is 0.497 e. The van der Waals surface area contributed by atoms with Gasteiger partial charge >= 0.3 is 0 Å². The number of rotatable bonds is 5. The number of ether oxygens (including phenoxy) is 1. The van der Waals surface area contributed by atoms with Gasteiger partial charge < -0.3 is 10.5 Å². The van der Waals surface area contributed by atoms with Crippen molar-refractivity contribution in [3.05, 3.63) is 59.1 Å². The number of carbonyl (C=O) groups is 2. The predicted molar refractivity (Wildman–Crippen MR) is 117 cm³/mol. The number of amidine groups is 1. The summed E-state index contributed by atoms with van der Waals surface area (Å²) in [6.07, 6.45) is 0.0385. The molecule has 9 heteroatoms. The van der Waals surface area contributed by atoms with Gasteiger partial charge in [0, 0.05) is 17.5 Å². The van der Waals surface area contributed by atoms with Gasteiger partial charge in [-0.3, -0.25) is 9.59 Å². The fourth-order valence-corrected chi connectivity index (χ4v) is 3.70. The number of amides is 2. The van der Waals surface area contributed by atoms with Crippen LogP contribution < -0.4 is 15.4 Å². The zero-order chi connectivity index (χ0) is 21.0. The lowest BCUT2D eigenvalue weighted by Gasteiger charge is -2.15. The van der Waals surface area contributed by atoms with E-state index >= 15 is 0 Å². The first kappa shape index (κ1) is 20.9. The van der Waals surface area contributed by atoms with Gasteiger partial charge in [-0.05, 0) is 36.8 Å². The lowest BCUT2D eigenvalue weighted by atomic mass is 10.1. The number of carbonyl (C=O) groups excluding carboxylic acids is 2. The number of nitrogens with zero attached hydrogens (tertiary/aromatic N) is 3. The number of imide groups is 1. The average molecular weight is 431 g/mol. The molecule has 2 amide bonds. The highest BCUT2D eigenvalue weighted by Gasteiger charge is 2.40. The molecule has 2 aromatic carbocycles. The monoisotopic (exact) mass is 430 g/mol. The number of anilines is 1. The summed E-state index contributed by atoms with van der Waals surface area (Å²) in [4.78, 5) is 26.3.